The number of thioether (sulfide) groups is 1. The first-order chi connectivity index (χ1) is 22.4. The number of H-pyrrole nitrogens is 1. The van der Waals surface area contributed by atoms with Crippen LogP contribution in [0, 0.1) is 34.0 Å². The van der Waals surface area contributed by atoms with Crippen molar-refractivity contribution in [2.24, 2.45) is 34.0 Å². The van der Waals surface area contributed by atoms with E-state index in [2.05, 4.69) is 52.6 Å². The Morgan fingerprint density at radius 1 is 1.19 bits per heavy atom. The Morgan fingerprint density at radius 2 is 1.96 bits per heavy atom. The number of hydrogen-bond donors (Lipinski definition) is 3. The van der Waals surface area contributed by atoms with Gasteiger partial charge in [-0.25, -0.2) is 9.97 Å². The normalized spacial score (nSPS) is 33.5. The zero-order valence-electron chi connectivity index (χ0n) is 27.6. The van der Waals surface area contributed by atoms with Gasteiger partial charge in [-0.3, -0.25) is 19.7 Å². The van der Waals surface area contributed by atoms with E-state index >= 15 is 0 Å². The van der Waals surface area contributed by atoms with E-state index in [-0.39, 0.29) is 53.0 Å². The topological polar surface area (TPSA) is 147 Å². The second-order valence-corrected chi connectivity index (χ2v) is 15.3. The van der Waals surface area contributed by atoms with Crippen LogP contribution in [-0.4, -0.2) is 60.7 Å². The van der Waals surface area contributed by atoms with Gasteiger partial charge >= 0.3 is 5.97 Å². The lowest BCUT2D eigenvalue weighted by Gasteiger charge is -2.61. The predicted molar refractivity (Wildman–Crippen MR) is 180 cm³/mol. The molecule has 250 valence electrons. The number of aryl methyl sites for hydroxylation is 1. The number of benzene rings is 1. The summed E-state index contributed by atoms with van der Waals surface area (Å²) < 4.78 is 6.39. The fourth-order valence-corrected chi connectivity index (χ4v) is 9.65. The summed E-state index contributed by atoms with van der Waals surface area (Å²) in [5, 5.41) is 15.0. The molecule has 47 heavy (non-hydrogen) atoms. The lowest BCUT2D eigenvalue weighted by molar-refractivity contribution is -0.205. The van der Waals surface area contributed by atoms with Gasteiger partial charge in [-0.15, -0.1) is 6.58 Å². The molecule has 0 spiro atoms. The summed E-state index contributed by atoms with van der Waals surface area (Å²) in [7, 11) is 0. The van der Waals surface area contributed by atoms with Gasteiger partial charge in [0.2, 0.25) is 11.9 Å². The molecule has 3 fully saturated rings. The zero-order valence-corrected chi connectivity index (χ0v) is 28.4. The first-order valence-corrected chi connectivity index (χ1v) is 17.6. The number of amides is 1. The van der Waals surface area contributed by atoms with Crippen LogP contribution in [0.25, 0.3) is 11.2 Å². The molecular formula is C36H45N5O5S. The van der Waals surface area contributed by atoms with Gasteiger partial charge < -0.3 is 14.8 Å². The molecule has 11 heteroatoms. The van der Waals surface area contributed by atoms with Crippen molar-refractivity contribution < 1.29 is 24.2 Å². The van der Waals surface area contributed by atoms with Crippen molar-refractivity contribution in [2.75, 3.05) is 11.1 Å². The van der Waals surface area contributed by atoms with E-state index in [1.807, 2.05) is 37.3 Å². The van der Waals surface area contributed by atoms with E-state index in [0.717, 1.165) is 24.8 Å². The smallest absolute Gasteiger partial charge is 0.316 e. The molecule has 3 aliphatic carbocycles. The number of aromatic nitrogens is 4. The molecule has 3 aliphatic rings. The number of carbonyl (C=O) groups excluding carboxylic acids is 3. The number of nitrogens with one attached hydrogen (secondary N) is 2. The summed E-state index contributed by atoms with van der Waals surface area (Å²) in [4.78, 5) is 56.3. The Labute approximate surface area is 280 Å². The summed E-state index contributed by atoms with van der Waals surface area (Å²) in [6.07, 6.45) is 6.21. The van der Waals surface area contributed by atoms with E-state index in [1.54, 1.807) is 6.08 Å². The van der Waals surface area contributed by atoms with Crippen molar-refractivity contribution >= 4 is 46.5 Å². The second kappa shape index (κ2) is 12.8. The first-order valence-electron chi connectivity index (χ1n) is 16.6. The van der Waals surface area contributed by atoms with Gasteiger partial charge in [0.1, 0.15) is 22.4 Å². The molecule has 10 nitrogen and oxygen atoms in total. The fourth-order valence-electron chi connectivity index (χ4n) is 8.88. The minimum absolute atomic E-state index is 0.0546. The molecule has 0 radical (unpaired) electrons. The highest BCUT2D eigenvalue weighted by Crippen LogP contribution is 2.68. The molecule has 2 bridgehead atoms. The highest BCUT2D eigenvalue weighted by molar-refractivity contribution is 8.00. The number of hydrogen-bond acceptors (Lipinski definition) is 9. The van der Waals surface area contributed by atoms with E-state index < -0.39 is 29.0 Å². The summed E-state index contributed by atoms with van der Waals surface area (Å²) in [6.45, 7) is 12.5. The summed E-state index contributed by atoms with van der Waals surface area (Å²) in [5.74, 6) is -0.627. The van der Waals surface area contributed by atoms with E-state index in [1.165, 1.54) is 18.1 Å². The van der Waals surface area contributed by atoms with Crippen LogP contribution in [0.2, 0.25) is 0 Å². The predicted octanol–water partition coefficient (Wildman–Crippen LogP) is 5.92. The monoisotopic (exact) mass is 659 g/mol. The summed E-state index contributed by atoms with van der Waals surface area (Å²) >= 11 is 1.18. The Kier molecular flexibility index (Phi) is 9.08. The maximum atomic E-state index is 13.7. The highest BCUT2D eigenvalue weighted by atomic mass is 32.2. The number of esters is 1. The average Bonchev–Trinajstić information content (AvgIpc) is 3.68. The molecule has 3 N–H and O–H groups in total. The molecule has 8 atom stereocenters. The Morgan fingerprint density at radius 3 is 2.70 bits per heavy atom. The van der Waals surface area contributed by atoms with Crippen LogP contribution in [0.4, 0.5) is 5.95 Å². The molecule has 0 saturated heterocycles. The number of aromatic amines is 1. The quantitative estimate of drug-likeness (QED) is 0.110. The van der Waals surface area contributed by atoms with E-state index in [4.69, 9.17) is 4.74 Å². The first kappa shape index (κ1) is 33.3. The number of ketones is 1. The number of nitrogens with zero attached hydrogens (tertiary/aromatic N) is 3. The highest BCUT2D eigenvalue weighted by Gasteiger charge is 2.68. The van der Waals surface area contributed by atoms with Crippen molar-refractivity contribution in [2.45, 2.75) is 89.9 Å². The number of aliphatic hydroxyl groups excluding tert-OH is 1. The third-order valence-electron chi connectivity index (χ3n) is 11.9. The van der Waals surface area contributed by atoms with Crippen molar-refractivity contribution in [3.8, 4) is 0 Å². The van der Waals surface area contributed by atoms with Crippen molar-refractivity contribution in [1.82, 2.24) is 19.9 Å². The largest absolute Gasteiger partial charge is 0.461 e. The third-order valence-corrected chi connectivity index (χ3v) is 12.8. The lowest BCUT2D eigenvalue weighted by atomic mass is 9.44. The molecule has 1 unspecified atom stereocenters. The Balaban J connectivity index is 1.21. The number of rotatable bonds is 9. The van der Waals surface area contributed by atoms with Crippen LogP contribution >= 0.6 is 11.8 Å². The standard InChI is InChI=1S/C36H45N5O5S/c1-6-34(4)18-25(35(5)21(2)14-16-36(22(3)30(34)45)17-15-24(42)29(35)36)46-27(44)19-47-32-28-31(38-20-37-28)40-33(41-32)39-26(43)13-12-23-10-8-7-9-11-23/h6-11,20-22,25,29-30,45H,1,12-19H2,2-5H3,(H2,37,38,39,40,41,43)/t21-,22+,25-,29?,30+,34-,35+,36+/m1/s1. The van der Waals surface area contributed by atoms with Gasteiger partial charge in [0.15, 0.2) is 5.65 Å². The molecule has 0 aliphatic heterocycles. The molecule has 3 saturated carbocycles. The van der Waals surface area contributed by atoms with E-state index in [0.29, 0.717) is 35.5 Å². The number of Topliss-reactive ketones (excluding diaryl/α,β-unsaturated/α-hetero) is 1. The minimum Gasteiger partial charge on any atom is -0.461 e. The van der Waals surface area contributed by atoms with Gasteiger partial charge in [-0.1, -0.05) is 75.9 Å². The van der Waals surface area contributed by atoms with E-state index in [9.17, 15) is 19.5 Å². The zero-order chi connectivity index (χ0) is 33.6. The number of carbonyl (C=O) groups is 3. The maximum absolute atomic E-state index is 13.7. The Hall–Kier alpha value is -3.57. The van der Waals surface area contributed by atoms with Crippen LogP contribution in [-0.2, 0) is 25.5 Å². The third kappa shape index (κ3) is 5.90. The molecule has 3 aromatic rings. The molecule has 1 aromatic carbocycles. The van der Waals surface area contributed by atoms with Gasteiger partial charge in [0, 0.05) is 29.6 Å². The molecular weight excluding hydrogens is 614 g/mol. The van der Waals surface area contributed by atoms with Gasteiger partial charge in [-0.05, 0) is 54.9 Å². The lowest BCUT2D eigenvalue weighted by Crippen LogP contribution is -2.63. The SMILES string of the molecule is C=C[C@]1(C)C[C@@H](OC(=O)CSc2nc(NC(=O)CCc3ccccc3)nc3nc[nH]c23)[C@@]2(C)C3C(=O)CC[C@@]3(CC[C@H]2C)[C@@H](C)[C@@H]1O. The van der Waals surface area contributed by atoms with Crippen molar-refractivity contribution in [3.63, 3.8) is 0 Å². The summed E-state index contributed by atoms with van der Waals surface area (Å²) in [5.41, 5.74) is 0.356. The number of anilines is 1. The summed E-state index contributed by atoms with van der Waals surface area (Å²) in [6, 6.07) is 9.76. The van der Waals surface area contributed by atoms with Gasteiger partial charge in [0.25, 0.3) is 0 Å². The minimum atomic E-state index is -0.724. The van der Waals surface area contributed by atoms with Gasteiger partial charge in [0.05, 0.1) is 18.2 Å². The number of fused-ring (bicyclic) bond motifs is 1. The number of aliphatic hydroxyl groups is 1. The number of ether oxygens (including phenoxy) is 1. The molecule has 2 aromatic heterocycles. The maximum Gasteiger partial charge on any atom is 0.316 e. The average molecular weight is 660 g/mol. The van der Waals surface area contributed by atoms with Crippen LogP contribution in [0.1, 0.15) is 71.8 Å². The van der Waals surface area contributed by atoms with Crippen LogP contribution < -0.4 is 5.32 Å². The second-order valence-electron chi connectivity index (χ2n) is 14.3. The van der Waals surface area contributed by atoms with Crippen molar-refractivity contribution in [3.05, 3.63) is 54.9 Å². The Bertz CT molecular complexity index is 1680. The molecule has 2 heterocycles. The number of imidazole rings is 1. The van der Waals surface area contributed by atoms with Gasteiger partial charge in [-0.2, -0.15) is 4.98 Å². The molecule has 1 amide bonds. The van der Waals surface area contributed by atoms with Crippen LogP contribution in [0.3, 0.4) is 0 Å². The van der Waals surface area contributed by atoms with Crippen molar-refractivity contribution in [1.29, 1.82) is 0 Å². The van der Waals surface area contributed by atoms with Crippen LogP contribution in [0.5, 0.6) is 0 Å². The fraction of sp³-hybridized carbons (Fsp3) is 0.556. The van der Waals surface area contributed by atoms with Crippen LogP contribution in [0.15, 0.2) is 54.3 Å². The molecule has 6 rings (SSSR count).